The summed E-state index contributed by atoms with van der Waals surface area (Å²) in [5, 5.41) is 0. The molecule has 1 fully saturated rings. The van der Waals surface area contributed by atoms with E-state index < -0.39 is 0 Å². The number of nitrogens with zero attached hydrogens (tertiary/aromatic N) is 3. The molecule has 0 saturated carbocycles. The molecule has 26 heavy (non-hydrogen) atoms. The molecule has 1 aliphatic heterocycles. The largest absolute Gasteiger partial charge is 0.335 e. The van der Waals surface area contributed by atoms with E-state index in [0.29, 0.717) is 31.7 Å². The molecule has 0 radical (unpaired) electrons. The second-order valence-corrected chi connectivity index (χ2v) is 7.02. The van der Waals surface area contributed by atoms with E-state index in [1.165, 1.54) is 24.0 Å². The van der Waals surface area contributed by atoms with Gasteiger partial charge in [-0.2, -0.15) is 0 Å². The third-order valence-electron chi connectivity index (χ3n) is 5.36. The van der Waals surface area contributed by atoms with Crippen molar-refractivity contribution < 1.29 is 9.59 Å². The minimum atomic E-state index is -0.0148. The molecule has 2 aromatic rings. The number of carbonyl (C=O) groups is 2. The van der Waals surface area contributed by atoms with E-state index in [1.807, 2.05) is 11.0 Å². The molecule has 0 atom stereocenters. The molecule has 1 aliphatic carbocycles. The van der Waals surface area contributed by atoms with Crippen LogP contribution < -0.4 is 0 Å². The van der Waals surface area contributed by atoms with Crippen LogP contribution in [0.1, 0.15) is 44.7 Å². The third-order valence-corrected chi connectivity index (χ3v) is 5.36. The van der Waals surface area contributed by atoms with Crippen molar-refractivity contribution in [2.45, 2.75) is 25.7 Å². The zero-order valence-electron chi connectivity index (χ0n) is 14.9. The molecule has 1 aromatic heterocycles. The van der Waals surface area contributed by atoms with Crippen molar-refractivity contribution in [3.63, 3.8) is 0 Å². The Morgan fingerprint density at radius 3 is 2.12 bits per heavy atom. The number of rotatable bonds is 2. The molecule has 5 nitrogen and oxygen atoms in total. The highest BCUT2D eigenvalue weighted by Crippen LogP contribution is 2.23. The van der Waals surface area contributed by atoms with Gasteiger partial charge in [0.2, 0.25) is 0 Å². The van der Waals surface area contributed by atoms with Crippen LogP contribution in [0.3, 0.4) is 0 Å². The molecular formula is C21H23N3O2. The van der Waals surface area contributed by atoms with Crippen molar-refractivity contribution in [1.29, 1.82) is 0 Å². The molecule has 0 bridgehead atoms. The fourth-order valence-electron chi connectivity index (χ4n) is 3.83. The van der Waals surface area contributed by atoms with E-state index in [4.69, 9.17) is 0 Å². The molecule has 0 N–H and O–H groups in total. The third kappa shape index (κ3) is 3.34. The summed E-state index contributed by atoms with van der Waals surface area (Å²) in [5.41, 5.74) is 4.09. The standard InChI is InChI=1S/C21H23N3O2/c25-20(18-8-7-16-4-1-2-5-17(16)14-18)23-10-12-24(13-11-23)21(26)19-6-3-9-22-15-19/h3,6-9,14-15H,1-2,4-5,10-13H2. The lowest BCUT2D eigenvalue weighted by Crippen LogP contribution is -2.50. The number of fused-ring (bicyclic) bond motifs is 1. The first kappa shape index (κ1) is 16.8. The lowest BCUT2D eigenvalue weighted by Gasteiger charge is -2.35. The zero-order valence-corrected chi connectivity index (χ0v) is 14.9. The number of carbonyl (C=O) groups excluding carboxylic acids is 2. The summed E-state index contributed by atoms with van der Waals surface area (Å²) in [6.45, 7) is 2.26. The molecular weight excluding hydrogens is 326 g/mol. The van der Waals surface area contributed by atoms with Crippen molar-refractivity contribution in [2.24, 2.45) is 0 Å². The summed E-state index contributed by atoms with van der Waals surface area (Å²) >= 11 is 0. The summed E-state index contributed by atoms with van der Waals surface area (Å²) in [6.07, 6.45) is 7.90. The quantitative estimate of drug-likeness (QED) is 0.837. The number of amides is 2. The highest BCUT2D eigenvalue weighted by atomic mass is 16.2. The Kier molecular flexibility index (Phi) is 4.69. The first-order chi connectivity index (χ1) is 12.7. The number of hydrogen-bond donors (Lipinski definition) is 0. The number of benzene rings is 1. The summed E-state index contributed by atoms with van der Waals surface area (Å²) < 4.78 is 0. The molecule has 1 saturated heterocycles. The number of aromatic nitrogens is 1. The van der Waals surface area contributed by atoms with E-state index in [1.54, 1.807) is 29.4 Å². The van der Waals surface area contributed by atoms with E-state index >= 15 is 0 Å². The van der Waals surface area contributed by atoms with Crippen LogP contribution in [0, 0.1) is 0 Å². The number of hydrogen-bond acceptors (Lipinski definition) is 3. The maximum atomic E-state index is 12.8. The summed E-state index contributed by atoms with van der Waals surface area (Å²) in [5.74, 6) is 0.0610. The second kappa shape index (κ2) is 7.28. The van der Waals surface area contributed by atoms with Crippen LogP contribution in [0.25, 0.3) is 0 Å². The molecule has 5 heteroatoms. The number of pyridine rings is 1. The van der Waals surface area contributed by atoms with Gasteiger partial charge in [-0.25, -0.2) is 0 Å². The fourth-order valence-corrected chi connectivity index (χ4v) is 3.83. The van der Waals surface area contributed by atoms with Gasteiger partial charge in [0.05, 0.1) is 5.56 Å². The topological polar surface area (TPSA) is 53.5 Å². The van der Waals surface area contributed by atoms with E-state index in [9.17, 15) is 9.59 Å². The lowest BCUT2D eigenvalue weighted by molar-refractivity contribution is 0.0535. The van der Waals surface area contributed by atoms with Crippen LogP contribution in [0.5, 0.6) is 0 Å². The first-order valence-corrected chi connectivity index (χ1v) is 9.33. The van der Waals surface area contributed by atoms with Gasteiger partial charge in [0, 0.05) is 44.1 Å². The Hall–Kier alpha value is -2.69. The van der Waals surface area contributed by atoms with Crippen LogP contribution >= 0.6 is 0 Å². The van der Waals surface area contributed by atoms with Crippen LogP contribution in [0.15, 0.2) is 42.7 Å². The molecule has 2 heterocycles. The Labute approximate surface area is 153 Å². The molecule has 2 amide bonds. The molecule has 4 rings (SSSR count). The van der Waals surface area contributed by atoms with Gasteiger partial charge in [0.15, 0.2) is 0 Å². The number of aryl methyl sites for hydroxylation is 2. The van der Waals surface area contributed by atoms with Crippen molar-refractivity contribution in [3.8, 4) is 0 Å². The van der Waals surface area contributed by atoms with Crippen LogP contribution in [0.2, 0.25) is 0 Å². The average Bonchev–Trinajstić information content (AvgIpc) is 2.73. The molecule has 0 unspecified atom stereocenters. The van der Waals surface area contributed by atoms with Crippen LogP contribution in [-0.2, 0) is 12.8 Å². The van der Waals surface area contributed by atoms with Crippen molar-refractivity contribution in [3.05, 3.63) is 65.0 Å². The van der Waals surface area contributed by atoms with Crippen LogP contribution in [-0.4, -0.2) is 52.8 Å². The maximum absolute atomic E-state index is 12.8. The van der Waals surface area contributed by atoms with Crippen molar-refractivity contribution in [1.82, 2.24) is 14.8 Å². The first-order valence-electron chi connectivity index (χ1n) is 9.33. The fraction of sp³-hybridized carbons (Fsp3) is 0.381. The van der Waals surface area contributed by atoms with Crippen LogP contribution in [0.4, 0.5) is 0 Å². The van der Waals surface area contributed by atoms with Gasteiger partial charge in [-0.1, -0.05) is 6.07 Å². The summed E-state index contributed by atoms with van der Waals surface area (Å²) in [6, 6.07) is 9.69. The smallest absolute Gasteiger partial charge is 0.255 e. The zero-order chi connectivity index (χ0) is 17.9. The van der Waals surface area contributed by atoms with Gasteiger partial charge in [-0.05, 0) is 61.1 Å². The SMILES string of the molecule is O=C(c1cccnc1)N1CCN(C(=O)c2ccc3c(c2)CCCC3)CC1. The number of piperazine rings is 1. The Morgan fingerprint density at radius 2 is 1.46 bits per heavy atom. The minimum Gasteiger partial charge on any atom is -0.335 e. The lowest BCUT2D eigenvalue weighted by atomic mass is 9.90. The van der Waals surface area contributed by atoms with Gasteiger partial charge < -0.3 is 9.80 Å². The van der Waals surface area contributed by atoms with Gasteiger partial charge >= 0.3 is 0 Å². The van der Waals surface area contributed by atoms with Gasteiger partial charge in [-0.15, -0.1) is 0 Å². The van der Waals surface area contributed by atoms with E-state index in [0.717, 1.165) is 18.4 Å². The average molecular weight is 349 g/mol. The highest BCUT2D eigenvalue weighted by molar-refractivity contribution is 5.96. The summed E-state index contributed by atoms with van der Waals surface area (Å²) in [4.78, 5) is 33.0. The van der Waals surface area contributed by atoms with Gasteiger partial charge in [0.1, 0.15) is 0 Å². The minimum absolute atomic E-state index is 0.0148. The molecule has 134 valence electrons. The molecule has 0 spiro atoms. The maximum Gasteiger partial charge on any atom is 0.255 e. The van der Waals surface area contributed by atoms with Gasteiger partial charge in [0.25, 0.3) is 11.8 Å². The summed E-state index contributed by atoms with van der Waals surface area (Å²) in [7, 11) is 0. The van der Waals surface area contributed by atoms with Gasteiger partial charge in [-0.3, -0.25) is 14.6 Å². The highest BCUT2D eigenvalue weighted by Gasteiger charge is 2.26. The normalized spacial score (nSPS) is 16.9. The van der Waals surface area contributed by atoms with Crippen molar-refractivity contribution >= 4 is 11.8 Å². The molecule has 2 aliphatic rings. The monoisotopic (exact) mass is 349 g/mol. The van der Waals surface area contributed by atoms with E-state index in [2.05, 4.69) is 17.1 Å². The van der Waals surface area contributed by atoms with Crippen molar-refractivity contribution in [2.75, 3.05) is 26.2 Å². The Bertz CT molecular complexity index is 811. The predicted octanol–water partition coefficient (Wildman–Crippen LogP) is 2.56. The Morgan fingerprint density at radius 1 is 0.808 bits per heavy atom. The predicted molar refractivity (Wildman–Crippen MR) is 99.1 cm³/mol. The second-order valence-electron chi connectivity index (χ2n) is 7.02. The Balaban J connectivity index is 1.40. The molecule has 1 aromatic carbocycles. The van der Waals surface area contributed by atoms with E-state index in [-0.39, 0.29) is 11.8 Å².